The number of benzene rings is 3. The Morgan fingerprint density at radius 1 is 0.541 bits per heavy atom. The first-order valence-corrected chi connectivity index (χ1v) is 11.5. The lowest BCUT2D eigenvalue weighted by Crippen LogP contribution is -2.31. The minimum Gasteiger partial charge on any atom is -0.504 e. The van der Waals surface area contributed by atoms with E-state index in [2.05, 4.69) is 15.0 Å². The fraction of sp³-hybridized carbons (Fsp3) is 0.222. The predicted molar refractivity (Wildman–Crippen MR) is 138 cm³/mol. The topological polar surface area (TPSA) is 101 Å². The lowest BCUT2D eigenvalue weighted by Gasteiger charge is -2.19. The summed E-state index contributed by atoms with van der Waals surface area (Å²) >= 11 is 0. The fourth-order valence-corrected chi connectivity index (χ4v) is 3.33. The van der Waals surface area contributed by atoms with Crippen molar-refractivity contribution in [3.05, 3.63) is 88.7 Å². The molecular weight excluding hydrogens is 485 g/mol. The van der Waals surface area contributed by atoms with Gasteiger partial charge in [0.2, 0.25) is 0 Å². The van der Waals surface area contributed by atoms with Crippen molar-refractivity contribution < 1.29 is 28.5 Å². The molecule has 0 atom stereocenters. The molecule has 0 aliphatic heterocycles. The second-order valence-electron chi connectivity index (χ2n) is 7.98. The van der Waals surface area contributed by atoms with Crippen molar-refractivity contribution in [1.29, 1.82) is 0 Å². The van der Waals surface area contributed by atoms with E-state index in [1.807, 2.05) is 4.90 Å². The summed E-state index contributed by atoms with van der Waals surface area (Å²) in [6.07, 6.45) is 4.19. The third kappa shape index (κ3) is 8.18. The Morgan fingerprint density at radius 2 is 0.838 bits per heavy atom. The first-order valence-electron chi connectivity index (χ1n) is 11.5. The van der Waals surface area contributed by atoms with Crippen LogP contribution in [0.2, 0.25) is 0 Å². The molecule has 0 aliphatic carbocycles. The largest absolute Gasteiger partial charge is 0.504 e. The van der Waals surface area contributed by atoms with E-state index in [1.54, 1.807) is 18.2 Å². The molecule has 0 saturated carbocycles. The molecule has 194 valence electrons. The Bertz CT molecular complexity index is 1130. The van der Waals surface area contributed by atoms with Gasteiger partial charge >= 0.3 is 0 Å². The van der Waals surface area contributed by atoms with Crippen LogP contribution in [0.4, 0.5) is 13.2 Å². The lowest BCUT2D eigenvalue weighted by molar-refractivity contribution is 0.298. The average molecular weight is 513 g/mol. The summed E-state index contributed by atoms with van der Waals surface area (Å²) in [6, 6.07) is 12.5. The maximum absolute atomic E-state index is 13.5. The van der Waals surface area contributed by atoms with Gasteiger partial charge in [0.15, 0.2) is 34.7 Å². The van der Waals surface area contributed by atoms with Gasteiger partial charge in [-0.25, -0.2) is 13.2 Å². The Labute approximate surface area is 212 Å². The van der Waals surface area contributed by atoms with Crippen molar-refractivity contribution in [3.8, 4) is 17.2 Å². The maximum atomic E-state index is 13.5. The molecule has 3 aromatic rings. The highest BCUT2D eigenvalue weighted by molar-refractivity contribution is 5.84. The van der Waals surface area contributed by atoms with E-state index in [9.17, 15) is 28.5 Å². The maximum Gasteiger partial charge on any atom is 0.165 e. The van der Waals surface area contributed by atoms with Crippen molar-refractivity contribution in [2.75, 3.05) is 39.3 Å². The molecule has 0 aromatic heterocycles. The number of para-hydroxylation sites is 3. The van der Waals surface area contributed by atoms with Gasteiger partial charge in [-0.15, -0.1) is 0 Å². The normalized spacial score (nSPS) is 12.0. The zero-order valence-corrected chi connectivity index (χ0v) is 19.9. The SMILES string of the molecule is Oc1c(F)cccc1C=NCCN(CCN=Cc1cccc(F)c1O)CCN=Cc1cccc(F)c1O. The molecule has 0 spiro atoms. The van der Waals surface area contributed by atoms with Gasteiger partial charge in [-0.2, -0.15) is 0 Å². The van der Waals surface area contributed by atoms with E-state index in [4.69, 9.17) is 0 Å². The second kappa shape index (κ2) is 13.8. The van der Waals surface area contributed by atoms with Crippen LogP contribution in [0.1, 0.15) is 16.7 Å². The van der Waals surface area contributed by atoms with Crippen LogP contribution in [0.3, 0.4) is 0 Å². The third-order valence-corrected chi connectivity index (χ3v) is 5.38. The monoisotopic (exact) mass is 512 g/mol. The van der Waals surface area contributed by atoms with Crippen LogP contribution in [-0.2, 0) is 0 Å². The summed E-state index contributed by atoms with van der Waals surface area (Å²) in [6.45, 7) is 2.52. The highest BCUT2D eigenvalue weighted by Gasteiger charge is 2.07. The number of rotatable bonds is 12. The molecule has 0 aliphatic rings. The number of nitrogens with zero attached hydrogens (tertiary/aromatic N) is 4. The van der Waals surface area contributed by atoms with Crippen LogP contribution in [-0.4, -0.2) is 78.1 Å². The molecule has 0 amide bonds. The summed E-state index contributed by atoms with van der Waals surface area (Å²) in [7, 11) is 0. The molecule has 3 rings (SSSR count). The van der Waals surface area contributed by atoms with Gasteiger partial charge in [-0.3, -0.25) is 19.9 Å². The molecule has 0 radical (unpaired) electrons. The van der Waals surface area contributed by atoms with Gasteiger partial charge in [-0.05, 0) is 36.4 Å². The first-order chi connectivity index (χ1) is 17.9. The number of aromatic hydroxyl groups is 3. The van der Waals surface area contributed by atoms with Gasteiger partial charge in [-0.1, -0.05) is 18.2 Å². The molecule has 0 heterocycles. The number of halogens is 3. The zero-order valence-electron chi connectivity index (χ0n) is 19.9. The summed E-state index contributed by atoms with van der Waals surface area (Å²) in [5.74, 6) is -3.58. The number of aliphatic imine (C=N–C) groups is 3. The standard InChI is InChI=1S/C27H27F3N4O3/c28-22-7-1-4-19(25(22)35)16-31-10-13-34(14-11-32-17-20-5-2-8-23(29)26(20)36)15-12-33-18-21-6-3-9-24(30)27(21)37/h1-9,16-18,35-37H,10-15H2. The van der Waals surface area contributed by atoms with Crippen molar-refractivity contribution in [1.82, 2.24) is 4.90 Å². The molecule has 3 aromatic carbocycles. The van der Waals surface area contributed by atoms with E-state index in [0.717, 1.165) is 18.2 Å². The van der Waals surface area contributed by atoms with Gasteiger partial charge in [0.25, 0.3) is 0 Å². The minimum absolute atomic E-state index is 0.269. The van der Waals surface area contributed by atoms with Crippen LogP contribution in [0.15, 0.2) is 69.6 Å². The van der Waals surface area contributed by atoms with Crippen molar-refractivity contribution >= 4 is 18.6 Å². The van der Waals surface area contributed by atoms with E-state index in [0.29, 0.717) is 39.3 Å². The molecule has 0 saturated heterocycles. The van der Waals surface area contributed by atoms with E-state index >= 15 is 0 Å². The smallest absolute Gasteiger partial charge is 0.165 e. The van der Waals surface area contributed by atoms with E-state index in [-0.39, 0.29) is 16.7 Å². The van der Waals surface area contributed by atoms with Crippen LogP contribution >= 0.6 is 0 Å². The molecule has 0 unspecified atom stereocenters. The molecule has 3 N–H and O–H groups in total. The Morgan fingerprint density at radius 3 is 1.14 bits per heavy atom. The lowest BCUT2D eigenvalue weighted by atomic mass is 10.2. The molecule has 0 bridgehead atoms. The summed E-state index contributed by atoms with van der Waals surface area (Å²) < 4.78 is 40.4. The number of phenols is 3. The third-order valence-electron chi connectivity index (χ3n) is 5.38. The second-order valence-corrected chi connectivity index (χ2v) is 7.98. The molecule has 7 nitrogen and oxygen atoms in total. The van der Waals surface area contributed by atoms with Gasteiger partial charge in [0.1, 0.15) is 0 Å². The predicted octanol–water partition coefficient (Wildman–Crippen LogP) is 4.18. The highest BCUT2D eigenvalue weighted by Crippen LogP contribution is 2.20. The molecular formula is C27H27F3N4O3. The van der Waals surface area contributed by atoms with Crippen molar-refractivity contribution in [3.63, 3.8) is 0 Å². The summed E-state index contributed by atoms with van der Waals surface area (Å²) in [5, 5.41) is 29.3. The molecule has 37 heavy (non-hydrogen) atoms. The Balaban J connectivity index is 1.59. The van der Waals surface area contributed by atoms with Gasteiger partial charge in [0, 0.05) is 55.0 Å². The number of hydrogen-bond donors (Lipinski definition) is 3. The van der Waals surface area contributed by atoms with Crippen molar-refractivity contribution in [2.45, 2.75) is 0 Å². The zero-order chi connectivity index (χ0) is 26.6. The van der Waals surface area contributed by atoms with Crippen LogP contribution in [0.25, 0.3) is 0 Å². The highest BCUT2D eigenvalue weighted by atomic mass is 19.1. The number of phenolic OH excluding ortho intramolecular Hbond substituents is 3. The quantitative estimate of drug-likeness (QED) is 0.317. The van der Waals surface area contributed by atoms with Crippen molar-refractivity contribution in [2.24, 2.45) is 15.0 Å². The van der Waals surface area contributed by atoms with E-state index in [1.165, 1.54) is 36.8 Å². The van der Waals surface area contributed by atoms with Crippen LogP contribution < -0.4 is 0 Å². The summed E-state index contributed by atoms with van der Waals surface area (Å²) in [4.78, 5) is 14.8. The van der Waals surface area contributed by atoms with E-state index < -0.39 is 34.7 Å². The Hall–Kier alpha value is -4.18. The minimum atomic E-state index is -0.727. The van der Waals surface area contributed by atoms with Crippen LogP contribution in [0, 0.1) is 17.5 Å². The fourth-order valence-electron chi connectivity index (χ4n) is 3.33. The first kappa shape index (κ1) is 27.4. The average Bonchev–Trinajstić information content (AvgIpc) is 2.88. The molecule has 10 heteroatoms. The van der Waals surface area contributed by atoms with Crippen LogP contribution in [0.5, 0.6) is 17.2 Å². The summed E-state index contributed by atoms with van der Waals surface area (Å²) in [5.41, 5.74) is 0.807. The van der Waals surface area contributed by atoms with Gasteiger partial charge < -0.3 is 15.3 Å². The molecule has 0 fully saturated rings. The Kier molecular flexibility index (Phi) is 10.2. The number of hydrogen-bond acceptors (Lipinski definition) is 7. The van der Waals surface area contributed by atoms with Gasteiger partial charge in [0.05, 0.1) is 19.6 Å².